The molecule has 3 nitrogen and oxygen atoms in total. The number of hydrogen-bond acceptors (Lipinski definition) is 3. The SMILES string of the molecule is C1=CCC=C1.C=Cc1ccccc1.C=O.C=O.C=O.[CH2]=[Mo+4].[H-].[H-].[H-].[H-]. The Balaban J connectivity index is -0.0000000253. The van der Waals surface area contributed by atoms with Crippen molar-refractivity contribution < 1.29 is 39.4 Å². The average Bonchev–Trinajstić information content (AvgIpc) is 3.23. The van der Waals surface area contributed by atoms with Crippen LogP contribution in [0, 0.1) is 0 Å². The number of benzene rings is 1. The summed E-state index contributed by atoms with van der Waals surface area (Å²) in [6.07, 6.45) is 11.3. The number of allylic oxidation sites excluding steroid dienone is 4. The van der Waals surface area contributed by atoms with Crippen LogP contribution in [0.25, 0.3) is 6.08 Å². The van der Waals surface area contributed by atoms with Crippen LogP contribution in [0.15, 0.2) is 61.2 Å². The predicted molar refractivity (Wildman–Crippen MR) is 92.4 cm³/mol. The van der Waals surface area contributed by atoms with Gasteiger partial charge in [0.1, 0.15) is 20.4 Å². The summed E-state index contributed by atoms with van der Waals surface area (Å²) in [5, 5.41) is 0. The van der Waals surface area contributed by atoms with Crippen LogP contribution in [0.3, 0.4) is 0 Å². The van der Waals surface area contributed by atoms with Gasteiger partial charge >= 0.3 is 24.3 Å². The fraction of sp³-hybridized carbons (Fsp3) is 0.0588. The molecule has 0 unspecified atom stereocenters. The zero-order valence-electron chi connectivity index (χ0n) is 16.1. The maximum atomic E-state index is 8.00. The molecule has 0 heterocycles. The first-order chi connectivity index (χ1) is 10.4. The molecule has 0 saturated heterocycles. The van der Waals surface area contributed by atoms with Crippen LogP contribution in [-0.2, 0) is 33.7 Å². The van der Waals surface area contributed by atoms with Crippen molar-refractivity contribution in [3.05, 3.63) is 66.8 Å². The van der Waals surface area contributed by atoms with Crippen LogP contribution in [-0.4, -0.2) is 25.3 Å². The van der Waals surface area contributed by atoms with Crippen molar-refractivity contribution >= 4 is 31.3 Å². The van der Waals surface area contributed by atoms with E-state index in [1.54, 1.807) is 19.4 Å². The quantitative estimate of drug-likeness (QED) is 0.705. The number of carbonyl (C=O) groups excluding carboxylic acids is 3. The molecular weight excluding hydrogens is 348 g/mol. The normalized spacial score (nSPS) is 8.29. The molecule has 0 spiro atoms. The first-order valence-corrected chi connectivity index (χ1v) is 7.00. The minimum absolute atomic E-state index is 0. The molecule has 0 aromatic heterocycles. The van der Waals surface area contributed by atoms with Crippen molar-refractivity contribution in [2.45, 2.75) is 6.42 Å². The molecule has 2 rings (SSSR count). The van der Waals surface area contributed by atoms with Crippen LogP contribution >= 0.6 is 0 Å². The van der Waals surface area contributed by atoms with Crippen molar-refractivity contribution in [2.75, 3.05) is 0 Å². The summed E-state index contributed by atoms with van der Waals surface area (Å²) >= 11 is 1.70. The van der Waals surface area contributed by atoms with Gasteiger partial charge in [-0.15, -0.1) is 0 Å². The van der Waals surface area contributed by atoms with Gasteiger partial charge in [0, 0.05) is 0 Å². The number of hydrogen-bond donors (Lipinski definition) is 0. The Morgan fingerprint density at radius 2 is 1.24 bits per heavy atom. The Hall–Kier alpha value is -1.99. The van der Waals surface area contributed by atoms with E-state index in [-0.39, 0.29) is 5.71 Å². The van der Waals surface area contributed by atoms with Crippen LogP contribution in [0.5, 0.6) is 0 Å². The number of rotatable bonds is 1. The van der Waals surface area contributed by atoms with E-state index in [0.29, 0.717) is 0 Å². The van der Waals surface area contributed by atoms with Crippen molar-refractivity contribution in [3.8, 4) is 0 Å². The van der Waals surface area contributed by atoms with E-state index in [0.717, 1.165) is 6.42 Å². The third kappa shape index (κ3) is 27.3. The van der Waals surface area contributed by atoms with E-state index in [9.17, 15) is 0 Å². The van der Waals surface area contributed by atoms with Gasteiger partial charge in [-0.05, 0) is 12.0 Å². The molecule has 0 N–H and O–H groups in total. The third-order valence-corrected chi connectivity index (χ3v) is 1.69. The van der Waals surface area contributed by atoms with Gasteiger partial charge in [-0.2, -0.15) is 0 Å². The van der Waals surface area contributed by atoms with Gasteiger partial charge in [0.15, 0.2) is 0 Å². The summed E-state index contributed by atoms with van der Waals surface area (Å²) in [6.45, 7) is 9.63. The predicted octanol–water partition coefficient (Wildman–Crippen LogP) is 3.69. The second-order valence-electron chi connectivity index (χ2n) is 2.71. The molecule has 21 heavy (non-hydrogen) atoms. The molecule has 1 aliphatic rings. The molecule has 0 saturated carbocycles. The van der Waals surface area contributed by atoms with Gasteiger partial charge in [0.2, 0.25) is 0 Å². The van der Waals surface area contributed by atoms with Gasteiger partial charge in [-0.25, -0.2) is 0 Å². The molecule has 1 aliphatic carbocycles. The minimum Gasteiger partial charge on any atom is -1.00 e. The molecule has 0 aliphatic heterocycles. The van der Waals surface area contributed by atoms with Gasteiger partial charge in [0.25, 0.3) is 0 Å². The van der Waals surface area contributed by atoms with Crippen molar-refractivity contribution in [1.82, 2.24) is 0 Å². The zero-order chi connectivity index (χ0) is 17.4. The molecule has 0 atom stereocenters. The Labute approximate surface area is 144 Å². The largest absolute Gasteiger partial charge is 1.00 e. The maximum Gasteiger partial charge on any atom is -1.00 e. The molecule has 0 bridgehead atoms. The summed E-state index contributed by atoms with van der Waals surface area (Å²) in [5.74, 6) is 0. The number of carbonyl (C=O) groups is 3. The van der Waals surface area contributed by atoms with E-state index in [2.05, 4.69) is 35.8 Å². The van der Waals surface area contributed by atoms with Crippen molar-refractivity contribution in [3.63, 3.8) is 0 Å². The summed E-state index contributed by atoms with van der Waals surface area (Å²) in [5.41, 5.74) is 1.17. The molecule has 4 heteroatoms. The van der Waals surface area contributed by atoms with Crippen LogP contribution in [0.4, 0.5) is 0 Å². The summed E-state index contributed by atoms with van der Waals surface area (Å²) in [6, 6.07) is 10.0. The summed E-state index contributed by atoms with van der Waals surface area (Å²) in [4.78, 5) is 27.3. The average molecular weight is 374 g/mol. The van der Waals surface area contributed by atoms with E-state index < -0.39 is 0 Å². The van der Waals surface area contributed by atoms with Crippen LogP contribution < -0.4 is 0 Å². The van der Waals surface area contributed by atoms with Gasteiger partial charge in [-0.3, -0.25) is 0 Å². The standard InChI is InChI=1S/C8H8.C5H6.3CH2O.CH2.Mo.4H/c1-2-8-6-4-3-5-7-8;1-2-4-5-3-1;3*1-2;;;;;;/h2-7H,1H2;1-4H,5H2;3*1H2;1H2;;;;;/q;;;;;;+4;4*-1. The van der Waals surface area contributed by atoms with E-state index in [1.165, 1.54) is 5.56 Å². The Morgan fingerprint density at radius 1 is 0.857 bits per heavy atom. The van der Waals surface area contributed by atoms with E-state index in [4.69, 9.17) is 14.4 Å². The van der Waals surface area contributed by atoms with Gasteiger partial charge < -0.3 is 20.1 Å². The Bertz CT molecular complexity index is 359. The second kappa shape index (κ2) is 36.1. The smallest absolute Gasteiger partial charge is 1.00 e. The molecule has 0 amide bonds. The van der Waals surface area contributed by atoms with Crippen molar-refractivity contribution in [2.24, 2.45) is 0 Å². The molecular formula is C17H26MoO3. The molecule has 1 aromatic carbocycles. The van der Waals surface area contributed by atoms with Crippen LogP contribution in [0.1, 0.15) is 17.7 Å². The topological polar surface area (TPSA) is 51.2 Å². The first kappa shape index (κ1) is 27.4. The Morgan fingerprint density at radius 3 is 1.43 bits per heavy atom. The summed E-state index contributed by atoms with van der Waals surface area (Å²) in [7, 11) is 0. The van der Waals surface area contributed by atoms with E-state index >= 15 is 0 Å². The fourth-order valence-corrected chi connectivity index (χ4v) is 0.982. The maximum absolute atomic E-state index is 8.00. The zero-order valence-corrected chi connectivity index (χ0v) is 14.2. The first-order valence-electron chi connectivity index (χ1n) is 5.58. The van der Waals surface area contributed by atoms with E-state index in [1.807, 2.05) is 56.8 Å². The van der Waals surface area contributed by atoms with Crippen molar-refractivity contribution in [1.29, 1.82) is 0 Å². The minimum atomic E-state index is 0. The molecule has 0 radical (unpaired) electrons. The van der Waals surface area contributed by atoms with Gasteiger partial charge in [-0.1, -0.05) is 67.3 Å². The van der Waals surface area contributed by atoms with Crippen LogP contribution in [0.2, 0.25) is 0 Å². The molecule has 118 valence electrons. The molecule has 0 fully saturated rings. The molecule has 1 aromatic rings. The second-order valence-corrected chi connectivity index (χ2v) is 2.71. The summed E-state index contributed by atoms with van der Waals surface area (Å²) < 4.78 is 0. The monoisotopic (exact) mass is 376 g/mol. The third-order valence-electron chi connectivity index (χ3n) is 1.69. The fourth-order valence-electron chi connectivity index (χ4n) is 0.982. The van der Waals surface area contributed by atoms with Gasteiger partial charge in [0.05, 0.1) is 0 Å². The Kier molecular flexibility index (Phi) is 47.1.